The second-order valence-corrected chi connectivity index (χ2v) is 6.76. The highest BCUT2D eigenvalue weighted by Gasteiger charge is 2.33. The third kappa shape index (κ3) is 3.15. The molecule has 2 N–H and O–H groups in total. The Morgan fingerprint density at radius 1 is 1.29 bits per heavy atom. The first-order valence-electron chi connectivity index (χ1n) is 8.04. The quantitative estimate of drug-likeness (QED) is 0.732. The molecular weight excluding hydrogens is 328 g/mol. The van der Waals surface area contributed by atoms with Crippen LogP contribution in [-0.2, 0) is 13.1 Å². The van der Waals surface area contributed by atoms with Crippen molar-refractivity contribution < 1.29 is 5.11 Å². The molecule has 1 fully saturated rings. The molecule has 0 spiro atoms. The first-order chi connectivity index (χ1) is 11.7. The zero-order valence-electron chi connectivity index (χ0n) is 13.1. The van der Waals surface area contributed by atoms with Crippen molar-refractivity contribution in [2.45, 2.75) is 38.1 Å². The summed E-state index contributed by atoms with van der Waals surface area (Å²) in [5.41, 5.74) is 1.89. The molecule has 3 atom stereocenters. The highest BCUT2D eigenvalue weighted by Crippen LogP contribution is 2.28. The third-order valence-corrected chi connectivity index (χ3v) is 4.81. The molecule has 4 rings (SSSR count). The van der Waals surface area contributed by atoms with Crippen molar-refractivity contribution in [2.24, 2.45) is 5.92 Å². The molecule has 1 saturated carbocycles. The minimum Gasteiger partial charge on any atom is -0.391 e. The minimum atomic E-state index is -0.345. The molecule has 1 aliphatic rings. The number of aliphatic hydroxyl groups excluding tert-OH is 1. The second-order valence-electron chi connectivity index (χ2n) is 6.33. The summed E-state index contributed by atoms with van der Waals surface area (Å²) < 4.78 is 3.85. The van der Waals surface area contributed by atoms with Crippen LogP contribution in [-0.4, -0.2) is 41.4 Å². The van der Waals surface area contributed by atoms with Gasteiger partial charge in [0.2, 0.25) is 0 Å². The molecule has 3 heterocycles. The zero-order chi connectivity index (χ0) is 16.5. The van der Waals surface area contributed by atoms with Gasteiger partial charge in [0.05, 0.1) is 35.4 Å². The molecule has 7 nitrogen and oxygen atoms in total. The molecule has 126 valence electrons. The average Bonchev–Trinajstić information content (AvgIpc) is 3.25. The molecule has 24 heavy (non-hydrogen) atoms. The van der Waals surface area contributed by atoms with E-state index in [9.17, 15) is 5.11 Å². The number of fused-ring (bicyclic) bond motifs is 1. The van der Waals surface area contributed by atoms with Gasteiger partial charge in [0.15, 0.2) is 5.65 Å². The number of nitrogens with one attached hydrogen (secondary N) is 1. The lowest BCUT2D eigenvalue weighted by Gasteiger charge is -2.16. The van der Waals surface area contributed by atoms with Crippen molar-refractivity contribution in [2.75, 3.05) is 0 Å². The van der Waals surface area contributed by atoms with Gasteiger partial charge in [-0.15, -0.1) is 0 Å². The lowest BCUT2D eigenvalue weighted by atomic mass is 10.1. The van der Waals surface area contributed by atoms with Gasteiger partial charge in [-0.25, -0.2) is 4.98 Å². The molecule has 8 heteroatoms. The molecule has 1 aliphatic carbocycles. The van der Waals surface area contributed by atoms with Gasteiger partial charge in [0.25, 0.3) is 0 Å². The van der Waals surface area contributed by atoms with Gasteiger partial charge in [-0.1, -0.05) is 11.6 Å². The van der Waals surface area contributed by atoms with E-state index in [1.54, 1.807) is 18.6 Å². The van der Waals surface area contributed by atoms with E-state index in [-0.39, 0.29) is 12.1 Å². The van der Waals surface area contributed by atoms with Crippen molar-refractivity contribution in [3.05, 3.63) is 47.9 Å². The zero-order valence-corrected chi connectivity index (χ0v) is 13.8. The largest absolute Gasteiger partial charge is 0.391 e. The fourth-order valence-corrected chi connectivity index (χ4v) is 3.61. The van der Waals surface area contributed by atoms with E-state index in [2.05, 4.69) is 20.4 Å². The van der Waals surface area contributed by atoms with E-state index >= 15 is 0 Å². The molecular formula is C16H19ClN6O. The minimum absolute atomic E-state index is 0.0772. The second kappa shape index (κ2) is 6.51. The van der Waals surface area contributed by atoms with Gasteiger partial charge in [-0.3, -0.25) is 14.1 Å². The number of aromatic nitrogens is 5. The van der Waals surface area contributed by atoms with Crippen LogP contribution in [0.4, 0.5) is 0 Å². The fourth-order valence-electron chi connectivity index (χ4n) is 3.45. The number of halogens is 1. The first-order valence-corrected chi connectivity index (χ1v) is 8.42. The van der Waals surface area contributed by atoms with Crippen molar-refractivity contribution in [3.8, 4) is 0 Å². The highest BCUT2D eigenvalue weighted by molar-refractivity contribution is 6.30. The van der Waals surface area contributed by atoms with E-state index in [4.69, 9.17) is 11.6 Å². The summed E-state index contributed by atoms with van der Waals surface area (Å²) in [6.07, 6.45) is 12.0. The standard InChI is InChI=1S/C16H19ClN6O/c17-12-5-21-22(10-12)9-11-3-14(15(24)4-11)19-6-13-7-20-16-8-18-1-2-23(13)16/h1-2,5,7-8,10-11,14-15,19,24H,3-4,6,9H2/t11?,14-,15-/m1/s1. The molecule has 3 aromatic heterocycles. The topological polar surface area (TPSA) is 80.3 Å². The Morgan fingerprint density at radius 2 is 2.21 bits per heavy atom. The molecule has 0 radical (unpaired) electrons. The highest BCUT2D eigenvalue weighted by atomic mass is 35.5. The van der Waals surface area contributed by atoms with E-state index in [0.29, 0.717) is 17.5 Å². The van der Waals surface area contributed by atoms with E-state index in [1.807, 2.05) is 27.7 Å². The van der Waals surface area contributed by atoms with E-state index in [0.717, 1.165) is 30.7 Å². The maximum absolute atomic E-state index is 10.3. The Bertz CT molecular complexity index is 831. The monoisotopic (exact) mass is 346 g/mol. The summed E-state index contributed by atoms with van der Waals surface area (Å²) in [5.74, 6) is 0.389. The molecule has 0 amide bonds. The van der Waals surface area contributed by atoms with Gasteiger partial charge >= 0.3 is 0 Å². The molecule has 0 aromatic carbocycles. The van der Waals surface area contributed by atoms with Crippen LogP contribution in [0.5, 0.6) is 0 Å². The van der Waals surface area contributed by atoms with Gasteiger partial charge in [-0.05, 0) is 18.8 Å². The Kier molecular flexibility index (Phi) is 4.22. The number of nitrogens with zero attached hydrogens (tertiary/aromatic N) is 5. The Labute approximate surface area is 144 Å². The van der Waals surface area contributed by atoms with E-state index in [1.165, 1.54) is 0 Å². The van der Waals surface area contributed by atoms with Crippen molar-refractivity contribution >= 4 is 17.2 Å². The van der Waals surface area contributed by atoms with Crippen LogP contribution in [0.2, 0.25) is 5.02 Å². The van der Waals surface area contributed by atoms with Crippen LogP contribution < -0.4 is 5.32 Å². The summed E-state index contributed by atoms with van der Waals surface area (Å²) in [4.78, 5) is 8.40. The molecule has 0 aliphatic heterocycles. The van der Waals surface area contributed by atoms with Crippen LogP contribution >= 0.6 is 11.6 Å². The Balaban J connectivity index is 1.36. The van der Waals surface area contributed by atoms with Gasteiger partial charge < -0.3 is 10.4 Å². The van der Waals surface area contributed by atoms with Gasteiger partial charge in [0.1, 0.15) is 0 Å². The SMILES string of the molecule is O[C@@H]1CC(Cn2cc(Cl)cn2)C[C@H]1NCc1cnc2cnccn12. The summed E-state index contributed by atoms with van der Waals surface area (Å²) in [6, 6.07) is 0.0772. The molecule has 0 saturated heterocycles. The van der Waals surface area contributed by atoms with Crippen LogP contribution in [0.25, 0.3) is 5.65 Å². The summed E-state index contributed by atoms with van der Waals surface area (Å²) in [6.45, 7) is 1.44. The fraction of sp³-hybridized carbons (Fsp3) is 0.438. The maximum atomic E-state index is 10.3. The molecule has 3 aromatic rings. The van der Waals surface area contributed by atoms with Crippen molar-refractivity contribution in [1.29, 1.82) is 0 Å². The number of hydrogen-bond acceptors (Lipinski definition) is 5. The first kappa shape index (κ1) is 15.6. The number of aliphatic hydroxyl groups is 1. The third-order valence-electron chi connectivity index (χ3n) is 4.61. The van der Waals surface area contributed by atoms with Crippen molar-refractivity contribution in [3.63, 3.8) is 0 Å². The average molecular weight is 347 g/mol. The lowest BCUT2D eigenvalue weighted by Crippen LogP contribution is -2.35. The van der Waals surface area contributed by atoms with Gasteiger partial charge in [-0.2, -0.15) is 5.10 Å². The number of rotatable bonds is 5. The predicted molar refractivity (Wildman–Crippen MR) is 89.6 cm³/mol. The van der Waals surface area contributed by atoms with Crippen LogP contribution in [0.3, 0.4) is 0 Å². The maximum Gasteiger partial charge on any atom is 0.155 e. The summed E-state index contributed by atoms with van der Waals surface area (Å²) >= 11 is 5.90. The molecule has 0 bridgehead atoms. The van der Waals surface area contributed by atoms with E-state index < -0.39 is 0 Å². The lowest BCUT2D eigenvalue weighted by molar-refractivity contribution is 0.145. The molecule has 1 unspecified atom stereocenters. The normalized spacial score (nSPS) is 24.0. The van der Waals surface area contributed by atoms with Crippen LogP contribution in [0.15, 0.2) is 37.2 Å². The number of hydrogen-bond donors (Lipinski definition) is 2. The number of imidazole rings is 1. The summed E-state index contributed by atoms with van der Waals surface area (Å²) in [7, 11) is 0. The van der Waals surface area contributed by atoms with Gasteiger partial charge in [0, 0.05) is 37.7 Å². The Morgan fingerprint density at radius 3 is 3.04 bits per heavy atom. The predicted octanol–water partition coefficient (Wildman–Crippen LogP) is 1.51. The smallest absolute Gasteiger partial charge is 0.155 e. The van der Waals surface area contributed by atoms with Crippen LogP contribution in [0, 0.1) is 5.92 Å². The summed E-state index contributed by atoms with van der Waals surface area (Å²) in [5, 5.41) is 18.7. The van der Waals surface area contributed by atoms with Crippen LogP contribution in [0.1, 0.15) is 18.5 Å². The van der Waals surface area contributed by atoms with Crippen molar-refractivity contribution in [1.82, 2.24) is 29.5 Å². The Hall–Kier alpha value is -1.96.